The predicted octanol–water partition coefficient (Wildman–Crippen LogP) is 3.34. The first-order chi connectivity index (χ1) is 11.6. The van der Waals surface area contributed by atoms with Gasteiger partial charge in [0.1, 0.15) is 11.5 Å². The summed E-state index contributed by atoms with van der Waals surface area (Å²) in [5.74, 6) is 2.80. The summed E-state index contributed by atoms with van der Waals surface area (Å²) in [5.41, 5.74) is 1.08. The van der Waals surface area contributed by atoms with E-state index in [0.29, 0.717) is 17.7 Å². The molecular weight excluding hydrogens is 300 g/mol. The lowest BCUT2D eigenvalue weighted by molar-refractivity contribution is 0.131. The number of benzene rings is 1. The lowest BCUT2D eigenvalue weighted by Gasteiger charge is -2.34. The molecule has 3 rings (SSSR count). The Kier molecular flexibility index (Phi) is 5.67. The molecule has 2 fully saturated rings. The first-order valence-corrected chi connectivity index (χ1v) is 9.39. The Balaban J connectivity index is 1.70. The van der Waals surface area contributed by atoms with E-state index in [4.69, 9.17) is 4.74 Å². The van der Waals surface area contributed by atoms with Gasteiger partial charge in [0.05, 0.1) is 7.11 Å². The van der Waals surface area contributed by atoms with Crippen LogP contribution in [0.25, 0.3) is 0 Å². The van der Waals surface area contributed by atoms with Gasteiger partial charge in [-0.15, -0.1) is 0 Å². The molecule has 1 N–H and O–H groups in total. The van der Waals surface area contributed by atoms with Crippen molar-refractivity contribution in [2.24, 2.45) is 11.8 Å². The van der Waals surface area contributed by atoms with Gasteiger partial charge >= 0.3 is 0 Å². The molecular formula is C20H32N2O2. The molecule has 1 saturated heterocycles. The molecule has 0 spiro atoms. The summed E-state index contributed by atoms with van der Waals surface area (Å²) in [5, 5.41) is 9.82. The van der Waals surface area contributed by atoms with Crippen LogP contribution in [0.15, 0.2) is 18.2 Å². The van der Waals surface area contributed by atoms with Gasteiger partial charge < -0.3 is 9.84 Å². The third kappa shape index (κ3) is 4.42. The molecule has 1 aromatic rings. The van der Waals surface area contributed by atoms with E-state index >= 15 is 0 Å². The largest absolute Gasteiger partial charge is 0.508 e. The maximum absolute atomic E-state index is 9.82. The van der Waals surface area contributed by atoms with Crippen LogP contribution < -0.4 is 4.74 Å². The van der Waals surface area contributed by atoms with E-state index in [-0.39, 0.29) is 0 Å². The van der Waals surface area contributed by atoms with Crippen LogP contribution in [-0.2, 0) is 6.54 Å². The summed E-state index contributed by atoms with van der Waals surface area (Å²) in [6.45, 7) is 10.3. The number of hydrogen-bond donors (Lipinski definition) is 1. The number of rotatable bonds is 6. The molecule has 1 aliphatic heterocycles. The molecule has 1 heterocycles. The number of hydrogen-bond acceptors (Lipinski definition) is 4. The molecule has 1 saturated carbocycles. The Labute approximate surface area is 146 Å². The molecule has 0 radical (unpaired) electrons. The van der Waals surface area contributed by atoms with Crippen LogP contribution in [0.1, 0.15) is 38.7 Å². The minimum Gasteiger partial charge on any atom is -0.508 e. The third-order valence-electron chi connectivity index (χ3n) is 5.45. The fourth-order valence-corrected chi connectivity index (χ4v) is 3.90. The normalized spacial score (nSPS) is 23.4. The van der Waals surface area contributed by atoms with Crippen molar-refractivity contribution in [3.8, 4) is 11.5 Å². The molecule has 1 atom stereocenters. The summed E-state index contributed by atoms with van der Waals surface area (Å²) in [6.07, 6.45) is 4.06. The standard InChI is InChI=1S/C20H32N2O2/c1-15(2)19-14-21(9-4-10-22(19)12-16-5-6-16)13-17-11-18(23)7-8-20(17)24-3/h7-8,11,15-16,19,23H,4-6,9-10,12-14H2,1-3H3/t19-/m1/s1. The molecule has 134 valence electrons. The second-order valence-corrected chi connectivity index (χ2v) is 7.83. The maximum atomic E-state index is 9.82. The van der Waals surface area contributed by atoms with Crippen LogP contribution in [0, 0.1) is 11.8 Å². The molecule has 24 heavy (non-hydrogen) atoms. The van der Waals surface area contributed by atoms with Crippen LogP contribution in [0.2, 0.25) is 0 Å². The molecule has 0 bridgehead atoms. The van der Waals surface area contributed by atoms with Crippen molar-refractivity contribution >= 4 is 0 Å². The van der Waals surface area contributed by atoms with Gasteiger partial charge in [-0.2, -0.15) is 0 Å². The highest BCUT2D eigenvalue weighted by Gasteiger charge is 2.32. The minimum atomic E-state index is 0.316. The lowest BCUT2D eigenvalue weighted by atomic mass is 10.0. The number of methoxy groups -OCH3 is 1. The van der Waals surface area contributed by atoms with Crippen molar-refractivity contribution in [2.45, 2.75) is 45.7 Å². The predicted molar refractivity (Wildman–Crippen MR) is 97.5 cm³/mol. The molecule has 0 amide bonds. The molecule has 1 aromatic carbocycles. The highest BCUT2D eigenvalue weighted by molar-refractivity contribution is 5.39. The van der Waals surface area contributed by atoms with Crippen molar-refractivity contribution in [2.75, 3.05) is 33.3 Å². The zero-order chi connectivity index (χ0) is 17.1. The van der Waals surface area contributed by atoms with E-state index < -0.39 is 0 Å². The van der Waals surface area contributed by atoms with Gasteiger partial charge in [-0.3, -0.25) is 9.80 Å². The zero-order valence-electron chi connectivity index (χ0n) is 15.4. The summed E-state index contributed by atoms with van der Waals surface area (Å²) in [4.78, 5) is 5.27. The molecule has 2 aliphatic rings. The van der Waals surface area contributed by atoms with Crippen LogP contribution in [0.3, 0.4) is 0 Å². The SMILES string of the molecule is COc1ccc(O)cc1CN1CCCN(CC2CC2)[C@@H](C(C)C)C1. The summed E-state index contributed by atoms with van der Waals surface area (Å²) in [7, 11) is 1.70. The number of nitrogens with zero attached hydrogens (tertiary/aromatic N) is 2. The van der Waals surface area contributed by atoms with E-state index in [0.717, 1.165) is 36.9 Å². The van der Waals surface area contributed by atoms with E-state index in [1.165, 1.54) is 32.4 Å². The van der Waals surface area contributed by atoms with Crippen LogP contribution in [0.4, 0.5) is 0 Å². The number of phenols is 1. The lowest BCUT2D eigenvalue weighted by Crippen LogP contribution is -2.45. The van der Waals surface area contributed by atoms with E-state index in [1.54, 1.807) is 13.2 Å². The van der Waals surface area contributed by atoms with Crippen molar-refractivity contribution in [1.82, 2.24) is 9.80 Å². The van der Waals surface area contributed by atoms with Gasteiger partial charge in [0.25, 0.3) is 0 Å². The van der Waals surface area contributed by atoms with E-state index in [9.17, 15) is 5.11 Å². The maximum Gasteiger partial charge on any atom is 0.123 e. The van der Waals surface area contributed by atoms with E-state index in [2.05, 4.69) is 23.6 Å². The number of aromatic hydroxyl groups is 1. The zero-order valence-corrected chi connectivity index (χ0v) is 15.4. The van der Waals surface area contributed by atoms with Crippen molar-refractivity contribution in [3.05, 3.63) is 23.8 Å². The highest BCUT2D eigenvalue weighted by atomic mass is 16.5. The minimum absolute atomic E-state index is 0.316. The number of ether oxygens (including phenoxy) is 1. The summed E-state index contributed by atoms with van der Waals surface area (Å²) >= 11 is 0. The van der Waals surface area contributed by atoms with Crippen LogP contribution in [-0.4, -0.2) is 54.2 Å². The quantitative estimate of drug-likeness (QED) is 0.867. The molecule has 4 heteroatoms. The second-order valence-electron chi connectivity index (χ2n) is 7.83. The molecule has 0 unspecified atom stereocenters. The van der Waals surface area contributed by atoms with Crippen molar-refractivity contribution in [3.63, 3.8) is 0 Å². The Bertz CT molecular complexity index is 542. The fourth-order valence-electron chi connectivity index (χ4n) is 3.90. The average Bonchev–Trinajstić information content (AvgIpc) is 3.36. The van der Waals surface area contributed by atoms with Crippen LogP contribution >= 0.6 is 0 Å². The van der Waals surface area contributed by atoms with Gasteiger partial charge in [-0.1, -0.05) is 13.8 Å². The monoisotopic (exact) mass is 332 g/mol. The first-order valence-electron chi connectivity index (χ1n) is 9.39. The molecule has 1 aliphatic carbocycles. The Morgan fingerprint density at radius 3 is 2.71 bits per heavy atom. The highest BCUT2D eigenvalue weighted by Crippen LogP contribution is 2.32. The topological polar surface area (TPSA) is 35.9 Å². The Morgan fingerprint density at radius 1 is 1.25 bits per heavy atom. The molecule has 0 aromatic heterocycles. The van der Waals surface area contributed by atoms with Gasteiger partial charge in [0.2, 0.25) is 0 Å². The van der Waals surface area contributed by atoms with Crippen molar-refractivity contribution < 1.29 is 9.84 Å². The second kappa shape index (κ2) is 7.75. The molecule has 4 nitrogen and oxygen atoms in total. The number of phenolic OH excluding ortho intramolecular Hbond substituents is 1. The Hall–Kier alpha value is -1.26. The summed E-state index contributed by atoms with van der Waals surface area (Å²) < 4.78 is 5.48. The van der Waals surface area contributed by atoms with Gasteiger partial charge in [0.15, 0.2) is 0 Å². The van der Waals surface area contributed by atoms with Gasteiger partial charge in [-0.25, -0.2) is 0 Å². The van der Waals surface area contributed by atoms with Crippen molar-refractivity contribution in [1.29, 1.82) is 0 Å². The average molecular weight is 332 g/mol. The first kappa shape index (κ1) is 17.6. The van der Waals surface area contributed by atoms with Gasteiger partial charge in [0, 0.05) is 31.2 Å². The van der Waals surface area contributed by atoms with Gasteiger partial charge in [-0.05, 0) is 62.4 Å². The fraction of sp³-hybridized carbons (Fsp3) is 0.700. The smallest absolute Gasteiger partial charge is 0.123 e. The Morgan fingerprint density at radius 2 is 2.04 bits per heavy atom. The van der Waals surface area contributed by atoms with E-state index in [1.807, 2.05) is 12.1 Å². The van der Waals surface area contributed by atoms with Crippen LogP contribution in [0.5, 0.6) is 11.5 Å². The third-order valence-corrected chi connectivity index (χ3v) is 5.45. The summed E-state index contributed by atoms with van der Waals surface area (Å²) in [6, 6.07) is 6.02.